The van der Waals surface area contributed by atoms with Gasteiger partial charge >= 0.3 is 6.03 Å². The van der Waals surface area contributed by atoms with Crippen molar-refractivity contribution in [3.63, 3.8) is 0 Å². The van der Waals surface area contributed by atoms with E-state index in [0.29, 0.717) is 18.8 Å². The lowest BCUT2D eigenvalue weighted by Gasteiger charge is -2.16. The fourth-order valence-electron chi connectivity index (χ4n) is 2.32. The van der Waals surface area contributed by atoms with E-state index in [-0.39, 0.29) is 11.8 Å². The van der Waals surface area contributed by atoms with Crippen molar-refractivity contribution in [1.82, 2.24) is 5.32 Å². The van der Waals surface area contributed by atoms with Gasteiger partial charge in [-0.3, -0.25) is 0 Å². The summed E-state index contributed by atoms with van der Waals surface area (Å²) < 4.78 is 5.70. The molecule has 5 heteroatoms. The van der Waals surface area contributed by atoms with Crippen LogP contribution in [0.25, 0.3) is 0 Å². The van der Waals surface area contributed by atoms with E-state index in [0.717, 1.165) is 17.5 Å². The lowest BCUT2D eigenvalue weighted by Crippen LogP contribution is -2.39. The van der Waals surface area contributed by atoms with E-state index in [1.807, 2.05) is 43.3 Å². The Hall–Kier alpha value is -2.69. The number of hydrogen-bond donors (Lipinski definition) is 3. The number of nitrogens with two attached hydrogens (primary N) is 1. The highest BCUT2D eigenvalue weighted by molar-refractivity contribution is 5.72. The van der Waals surface area contributed by atoms with Crippen LogP contribution >= 0.6 is 0 Å². The van der Waals surface area contributed by atoms with E-state index in [9.17, 15) is 9.90 Å². The number of urea groups is 1. The molecule has 0 aliphatic rings. The van der Waals surface area contributed by atoms with E-state index >= 15 is 0 Å². The molecule has 1 unspecified atom stereocenters. The fourth-order valence-corrected chi connectivity index (χ4v) is 2.32. The van der Waals surface area contributed by atoms with Gasteiger partial charge in [-0.2, -0.15) is 0 Å². The number of aromatic hydroxyl groups is 1. The second-order valence-electron chi connectivity index (χ2n) is 5.39. The summed E-state index contributed by atoms with van der Waals surface area (Å²) in [6.45, 7) is 2.36. The number of hydrogen-bond acceptors (Lipinski definition) is 3. The van der Waals surface area contributed by atoms with Gasteiger partial charge in [-0.05, 0) is 36.1 Å². The summed E-state index contributed by atoms with van der Waals surface area (Å²) in [5.41, 5.74) is 7.17. The minimum absolute atomic E-state index is 0.0426. The van der Waals surface area contributed by atoms with Crippen LogP contribution in [0.5, 0.6) is 11.5 Å². The van der Waals surface area contributed by atoms with Crippen LogP contribution in [0.15, 0.2) is 48.5 Å². The Balaban J connectivity index is 2.04. The molecule has 23 heavy (non-hydrogen) atoms. The van der Waals surface area contributed by atoms with Crippen LogP contribution in [0.3, 0.4) is 0 Å². The topological polar surface area (TPSA) is 84.6 Å². The molecule has 1 atom stereocenters. The van der Waals surface area contributed by atoms with Crippen molar-refractivity contribution in [1.29, 1.82) is 0 Å². The quantitative estimate of drug-likeness (QED) is 0.734. The van der Waals surface area contributed by atoms with Crippen LogP contribution < -0.4 is 15.8 Å². The normalized spacial score (nSPS) is 11.7. The standard InChI is InChI=1S/C18H22N2O3/c1-2-15(20-18(19)22)10-14-8-9-16(21)17(11-14)23-12-13-6-4-3-5-7-13/h3-9,11,15,21H,2,10,12H2,1H3,(H3,19,20,22). The lowest BCUT2D eigenvalue weighted by molar-refractivity contribution is 0.244. The Morgan fingerprint density at radius 1 is 1.22 bits per heavy atom. The number of nitrogens with one attached hydrogen (secondary N) is 1. The van der Waals surface area contributed by atoms with Gasteiger partial charge in [0.05, 0.1) is 0 Å². The van der Waals surface area contributed by atoms with E-state index in [1.165, 1.54) is 0 Å². The zero-order chi connectivity index (χ0) is 16.7. The highest BCUT2D eigenvalue weighted by Crippen LogP contribution is 2.28. The molecule has 4 N–H and O–H groups in total. The van der Waals surface area contributed by atoms with Gasteiger partial charge in [0.15, 0.2) is 11.5 Å². The molecule has 2 amide bonds. The molecule has 122 valence electrons. The second-order valence-corrected chi connectivity index (χ2v) is 5.39. The van der Waals surface area contributed by atoms with E-state index in [4.69, 9.17) is 10.5 Å². The first-order chi connectivity index (χ1) is 11.1. The highest BCUT2D eigenvalue weighted by atomic mass is 16.5. The van der Waals surface area contributed by atoms with Crippen molar-refractivity contribution < 1.29 is 14.6 Å². The molecule has 2 rings (SSSR count). The number of carbonyl (C=O) groups is 1. The second kappa shape index (κ2) is 8.08. The number of amides is 2. The molecular weight excluding hydrogens is 292 g/mol. The van der Waals surface area contributed by atoms with Gasteiger partial charge in [-0.25, -0.2) is 4.79 Å². The SMILES string of the molecule is CCC(Cc1ccc(O)c(OCc2ccccc2)c1)NC(N)=O. The summed E-state index contributed by atoms with van der Waals surface area (Å²) in [5, 5.41) is 12.6. The summed E-state index contributed by atoms with van der Waals surface area (Å²) in [6.07, 6.45) is 1.39. The Morgan fingerprint density at radius 2 is 1.96 bits per heavy atom. The number of phenols is 1. The molecule has 0 radical (unpaired) electrons. The monoisotopic (exact) mass is 314 g/mol. The van der Waals surface area contributed by atoms with Crippen LogP contribution in [0, 0.1) is 0 Å². The molecule has 0 spiro atoms. The minimum Gasteiger partial charge on any atom is -0.504 e. The third-order valence-electron chi connectivity index (χ3n) is 3.58. The van der Waals surface area contributed by atoms with Gasteiger partial charge in [0.25, 0.3) is 0 Å². The summed E-state index contributed by atoms with van der Waals surface area (Å²) in [7, 11) is 0. The largest absolute Gasteiger partial charge is 0.504 e. The van der Waals surface area contributed by atoms with Gasteiger partial charge < -0.3 is 20.9 Å². The maximum atomic E-state index is 11.0. The van der Waals surface area contributed by atoms with Crippen molar-refractivity contribution in [2.45, 2.75) is 32.4 Å². The van der Waals surface area contributed by atoms with Gasteiger partial charge in [0.2, 0.25) is 0 Å². The van der Waals surface area contributed by atoms with Gasteiger partial charge in [-0.1, -0.05) is 43.3 Å². The van der Waals surface area contributed by atoms with Crippen LogP contribution in [0.4, 0.5) is 4.79 Å². The smallest absolute Gasteiger partial charge is 0.312 e. The highest BCUT2D eigenvalue weighted by Gasteiger charge is 2.11. The third-order valence-corrected chi connectivity index (χ3v) is 3.58. The predicted molar refractivity (Wildman–Crippen MR) is 89.4 cm³/mol. The maximum absolute atomic E-state index is 11.0. The average Bonchev–Trinajstić information content (AvgIpc) is 2.55. The van der Waals surface area contributed by atoms with Crippen molar-refractivity contribution in [3.8, 4) is 11.5 Å². The molecule has 2 aromatic rings. The zero-order valence-corrected chi connectivity index (χ0v) is 13.2. The molecule has 0 aliphatic carbocycles. The maximum Gasteiger partial charge on any atom is 0.312 e. The number of phenolic OH excluding ortho intramolecular Hbond substituents is 1. The predicted octanol–water partition coefficient (Wildman–Crippen LogP) is 2.96. The van der Waals surface area contributed by atoms with Crippen molar-refractivity contribution >= 4 is 6.03 Å². The first kappa shape index (κ1) is 16.7. The number of carbonyl (C=O) groups excluding carboxylic acids is 1. The summed E-state index contributed by atoms with van der Waals surface area (Å²) in [6, 6.07) is 14.4. The molecule has 5 nitrogen and oxygen atoms in total. The third kappa shape index (κ3) is 5.21. The molecule has 0 heterocycles. The van der Waals surface area contributed by atoms with Crippen molar-refractivity contribution in [2.24, 2.45) is 5.73 Å². The average molecular weight is 314 g/mol. The number of primary amides is 1. The van der Waals surface area contributed by atoms with Crippen LogP contribution in [0.1, 0.15) is 24.5 Å². The van der Waals surface area contributed by atoms with Crippen LogP contribution in [-0.2, 0) is 13.0 Å². The minimum atomic E-state index is -0.531. The number of benzene rings is 2. The first-order valence-electron chi connectivity index (χ1n) is 7.63. The van der Waals surface area contributed by atoms with E-state index in [2.05, 4.69) is 5.32 Å². The first-order valence-corrected chi connectivity index (χ1v) is 7.63. The molecule has 0 saturated carbocycles. The van der Waals surface area contributed by atoms with Crippen LogP contribution in [0.2, 0.25) is 0 Å². The Kier molecular flexibility index (Phi) is 5.86. The number of ether oxygens (including phenoxy) is 1. The fraction of sp³-hybridized carbons (Fsp3) is 0.278. The molecule has 0 aliphatic heterocycles. The van der Waals surface area contributed by atoms with Gasteiger partial charge in [0.1, 0.15) is 6.61 Å². The van der Waals surface area contributed by atoms with Crippen LogP contribution in [-0.4, -0.2) is 17.2 Å². The molecule has 0 aromatic heterocycles. The summed E-state index contributed by atoms with van der Waals surface area (Å²) in [5.74, 6) is 0.529. The Bertz CT molecular complexity index is 644. The molecule has 0 bridgehead atoms. The molecule has 2 aromatic carbocycles. The molecular formula is C18H22N2O3. The molecule has 0 fully saturated rings. The van der Waals surface area contributed by atoms with Gasteiger partial charge in [0, 0.05) is 6.04 Å². The van der Waals surface area contributed by atoms with E-state index in [1.54, 1.807) is 12.1 Å². The number of rotatable bonds is 7. The van der Waals surface area contributed by atoms with E-state index < -0.39 is 6.03 Å². The van der Waals surface area contributed by atoms with Crippen molar-refractivity contribution in [3.05, 3.63) is 59.7 Å². The Labute approximate surface area is 136 Å². The summed E-state index contributed by atoms with van der Waals surface area (Å²) >= 11 is 0. The van der Waals surface area contributed by atoms with Crippen molar-refractivity contribution in [2.75, 3.05) is 0 Å². The van der Waals surface area contributed by atoms with Gasteiger partial charge in [-0.15, -0.1) is 0 Å². The Morgan fingerprint density at radius 3 is 2.61 bits per heavy atom. The summed E-state index contributed by atoms with van der Waals surface area (Å²) in [4.78, 5) is 11.0. The zero-order valence-electron chi connectivity index (χ0n) is 13.2. The molecule has 0 saturated heterocycles. The lowest BCUT2D eigenvalue weighted by atomic mass is 10.0.